The molecule has 0 radical (unpaired) electrons. The van der Waals surface area contributed by atoms with Crippen molar-refractivity contribution >= 4 is 0 Å². The van der Waals surface area contributed by atoms with Crippen molar-refractivity contribution in [2.45, 2.75) is 39.0 Å². The van der Waals surface area contributed by atoms with Gasteiger partial charge in [-0.3, -0.25) is 0 Å². The fourth-order valence-electron chi connectivity index (χ4n) is 2.45. The zero-order chi connectivity index (χ0) is 11.2. The molecule has 1 fully saturated rings. The molecule has 0 saturated carbocycles. The molecule has 1 saturated heterocycles. The van der Waals surface area contributed by atoms with Crippen LogP contribution in [0.2, 0.25) is 0 Å². The third kappa shape index (κ3) is 3.34. The van der Waals surface area contributed by atoms with Gasteiger partial charge in [0.15, 0.2) is 0 Å². The molecule has 1 heterocycles. The molecule has 1 nitrogen and oxygen atoms in total. The van der Waals surface area contributed by atoms with E-state index in [2.05, 4.69) is 36.1 Å². The number of benzene rings is 1. The number of rotatable bonds is 5. The van der Waals surface area contributed by atoms with Crippen LogP contribution in [0.25, 0.3) is 0 Å². The molecular formula is C15H23N. The van der Waals surface area contributed by atoms with Crippen LogP contribution in [0.1, 0.15) is 37.3 Å². The number of hydrogen-bond donors (Lipinski definition) is 0. The molecule has 0 amide bonds. The largest absolute Gasteiger partial charge is 0.303 e. The van der Waals surface area contributed by atoms with E-state index in [0.29, 0.717) is 0 Å². The van der Waals surface area contributed by atoms with Gasteiger partial charge in [0.1, 0.15) is 0 Å². The Morgan fingerprint density at radius 2 is 1.62 bits per heavy atom. The van der Waals surface area contributed by atoms with E-state index >= 15 is 0 Å². The number of aryl methyl sites for hydroxylation is 2. The van der Waals surface area contributed by atoms with E-state index in [1.165, 1.54) is 56.4 Å². The standard InChI is InChI=1S/C15H23N/c1-2-14-7-9-15(10-8-14)6-5-13-16-11-3-4-12-16/h7-10H,2-6,11-13H2,1H3. The van der Waals surface area contributed by atoms with Gasteiger partial charge in [0.2, 0.25) is 0 Å². The SMILES string of the molecule is CCc1ccc(CCCN2CCCC2)cc1. The Bertz CT molecular complexity index is 296. The number of hydrogen-bond acceptors (Lipinski definition) is 1. The van der Waals surface area contributed by atoms with Crippen molar-refractivity contribution in [2.75, 3.05) is 19.6 Å². The Morgan fingerprint density at radius 3 is 2.25 bits per heavy atom. The molecule has 16 heavy (non-hydrogen) atoms. The third-order valence-corrected chi connectivity index (χ3v) is 3.57. The van der Waals surface area contributed by atoms with Crippen LogP contribution in [-0.2, 0) is 12.8 Å². The van der Waals surface area contributed by atoms with Gasteiger partial charge in [-0.05, 0) is 62.9 Å². The van der Waals surface area contributed by atoms with Crippen molar-refractivity contribution in [3.8, 4) is 0 Å². The molecule has 1 aliphatic heterocycles. The smallest absolute Gasteiger partial charge is 0.00156 e. The van der Waals surface area contributed by atoms with Gasteiger partial charge in [0.05, 0.1) is 0 Å². The summed E-state index contributed by atoms with van der Waals surface area (Å²) in [6.45, 7) is 6.15. The highest BCUT2D eigenvalue weighted by atomic mass is 15.1. The van der Waals surface area contributed by atoms with E-state index < -0.39 is 0 Å². The summed E-state index contributed by atoms with van der Waals surface area (Å²) in [6.07, 6.45) is 6.51. The molecule has 0 atom stereocenters. The monoisotopic (exact) mass is 217 g/mol. The first-order valence-corrected chi connectivity index (χ1v) is 6.68. The summed E-state index contributed by atoms with van der Waals surface area (Å²) in [7, 11) is 0. The van der Waals surface area contributed by atoms with Crippen LogP contribution in [0.15, 0.2) is 24.3 Å². The van der Waals surface area contributed by atoms with Crippen LogP contribution in [0.3, 0.4) is 0 Å². The average molecular weight is 217 g/mol. The molecular weight excluding hydrogens is 194 g/mol. The van der Waals surface area contributed by atoms with Crippen LogP contribution in [-0.4, -0.2) is 24.5 Å². The molecule has 1 heteroatoms. The minimum Gasteiger partial charge on any atom is -0.303 e. The summed E-state index contributed by atoms with van der Waals surface area (Å²) in [5, 5.41) is 0. The molecule has 1 aromatic carbocycles. The van der Waals surface area contributed by atoms with Crippen molar-refractivity contribution in [1.82, 2.24) is 4.90 Å². The summed E-state index contributed by atoms with van der Waals surface area (Å²) in [5.74, 6) is 0. The topological polar surface area (TPSA) is 3.24 Å². The van der Waals surface area contributed by atoms with Crippen molar-refractivity contribution in [1.29, 1.82) is 0 Å². The Labute approximate surface area is 99.5 Å². The molecule has 0 spiro atoms. The lowest BCUT2D eigenvalue weighted by atomic mass is 10.1. The van der Waals surface area contributed by atoms with Gasteiger partial charge in [-0.25, -0.2) is 0 Å². The Balaban J connectivity index is 1.71. The van der Waals surface area contributed by atoms with Gasteiger partial charge in [0.25, 0.3) is 0 Å². The summed E-state index contributed by atoms with van der Waals surface area (Å²) in [5.41, 5.74) is 2.94. The first kappa shape index (κ1) is 11.7. The van der Waals surface area contributed by atoms with E-state index in [4.69, 9.17) is 0 Å². The summed E-state index contributed by atoms with van der Waals surface area (Å²) in [6, 6.07) is 9.13. The quantitative estimate of drug-likeness (QED) is 0.731. The minimum absolute atomic E-state index is 1.15. The minimum atomic E-state index is 1.15. The van der Waals surface area contributed by atoms with Crippen LogP contribution in [0, 0.1) is 0 Å². The van der Waals surface area contributed by atoms with Gasteiger partial charge in [0, 0.05) is 0 Å². The van der Waals surface area contributed by atoms with Crippen molar-refractivity contribution < 1.29 is 0 Å². The molecule has 0 aromatic heterocycles. The Hall–Kier alpha value is -0.820. The van der Waals surface area contributed by atoms with Crippen LogP contribution < -0.4 is 0 Å². The molecule has 0 aliphatic carbocycles. The van der Waals surface area contributed by atoms with Gasteiger partial charge in [-0.1, -0.05) is 31.2 Å². The molecule has 2 rings (SSSR count). The number of likely N-dealkylation sites (tertiary alicyclic amines) is 1. The van der Waals surface area contributed by atoms with Crippen molar-refractivity contribution in [2.24, 2.45) is 0 Å². The third-order valence-electron chi connectivity index (χ3n) is 3.57. The predicted octanol–water partition coefficient (Wildman–Crippen LogP) is 3.28. The Morgan fingerprint density at radius 1 is 1.00 bits per heavy atom. The van der Waals surface area contributed by atoms with E-state index in [9.17, 15) is 0 Å². The van der Waals surface area contributed by atoms with Crippen LogP contribution in [0.4, 0.5) is 0 Å². The van der Waals surface area contributed by atoms with Gasteiger partial charge in [-0.2, -0.15) is 0 Å². The molecule has 1 aromatic rings. The van der Waals surface area contributed by atoms with Gasteiger partial charge >= 0.3 is 0 Å². The summed E-state index contributed by atoms with van der Waals surface area (Å²) in [4.78, 5) is 2.60. The summed E-state index contributed by atoms with van der Waals surface area (Å²) < 4.78 is 0. The predicted molar refractivity (Wildman–Crippen MR) is 69.8 cm³/mol. The summed E-state index contributed by atoms with van der Waals surface area (Å²) >= 11 is 0. The maximum atomic E-state index is 2.60. The van der Waals surface area contributed by atoms with E-state index in [1.54, 1.807) is 0 Å². The maximum Gasteiger partial charge on any atom is -0.00156 e. The first-order valence-electron chi connectivity index (χ1n) is 6.68. The second-order valence-corrected chi connectivity index (χ2v) is 4.82. The highest BCUT2D eigenvalue weighted by molar-refractivity contribution is 5.22. The molecule has 88 valence electrons. The normalized spacial score (nSPS) is 16.8. The van der Waals surface area contributed by atoms with E-state index in [1.807, 2.05) is 0 Å². The van der Waals surface area contributed by atoms with Crippen molar-refractivity contribution in [3.05, 3.63) is 35.4 Å². The van der Waals surface area contributed by atoms with Gasteiger partial charge < -0.3 is 4.90 Å². The molecule has 0 N–H and O–H groups in total. The lowest BCUT2D eigenvalue weighted by molar-refractivity contribution is 0.334. The fraction of sp³-hybridized carbons (Fsp3) is 0.600. The first-order chi connectivity index (χ1) is 7.88. The second kappa shape index (κ2) is 6.05. The maximum absolute atomic E-state index is 2.60. The molecule has 0 unspecified atom stereocenters. The highest BCUT2D eigenvalue weighted by Crippen LogP contribution is 2.11. The second-order valence-electron chi connectivity index (χ2n) is 4.82. The average Bonchev–Trinajstić information content (AvgIpc) is 2.83. The van der Waals surface area contributed by atoms with Crippen LogP contribution >= 0.6 is 0 Å². The van der Waals surface area contributed by atoms with E-state index in [0.717, 1.165) is 6.42 Å². The zero-order valence-corrected chi connectivity index (χ0v) is 10.4. The Kier molecular flexibility index (Phi) is 4.41. The lowest BCUT2D eigenvalue weighted by Crippen LogP contribution is -2.20. The number of nitrogens with zero attached hydrogens (tertiary/aromatic N) is 1. The van der Waals surface area contributed by atoms with Gasteiger partial charge in [-0.15, -0.1) is 0 Å². The van der Waals surface area contributed by atoms with E-state index in [-0.39, 0.29) is 0 Å². The zero-order valence-electron chi connectivity index (χ0n) is 10.4. The molecule has 1 aliphatic rings. The fourth-order valence-corrected chi connectivity index (χ4v) is 2.45. The molecule has 0 bridgehead atoms. The highest BCUT2D eigenvalue weighted by Gasteiger charge is 2.10. The van der Waals surface area contributed by atoms with Crippen LogP contribution in [0.5, 0.6) is 0 Å². The lowest BCUT2D eigenvalue weighted by Gasteiger charge is -2.13. The van der Waals surface area contributed by atoms with Crippen molar-refractivity contribution in [3.63, 3.8) is 0 Å².